The van der Waals surface area contributed by atoms with E-state index in [-0.39, 0.29) is 28.8 Å². The van der Waals surface area contributed by atoms with Crippen LogP contribution in [-0.4, -0.2) is 58.7 Å². The number of aryl methyl sites for hydroxylation is 1. The number of halogens is 2. The summed E-state index contributed by atoms with van der Waals surface area (Å²) in [6.45, 7) is 6.30. The van der Waals surface area contributed by atoms with Crippen LogP contribution in [0.4, 0.5) is 4.39 Å². The summed E-state index contributed by atoms with van der Waals surface area (Å²) < 4.78 is 14.6. The first-order valence-corrected chi connectivity index (χ1v) is 10.6. The van der Waals surface area contributed by atoms with Gasteiger partial charge in [0.1, 0.15) is 11.0 Å². The van der Waals surface area contributed by atoms with Gasteiger partial charge in [-0.2, -0.15) is 5.10 Å². The second kappa shape index (κ2) is 10.0. The van der Waals surface area contributed by atoms with Gasteiger partial charge in [0.25, 0.3) is 5.91 Å². The molecule has 0 atom stereocenters. The molecule has 0 unspecified atom stereocenters. The topological polar surface area (TPSA) is 79.3 Å². The van der Waals surface area contributed by atoms with Crippen LogP contribution in [0.15, 0.2) is 24.3 Å². The Balaban J connectivity index is 1.58. The molecule has 1 fully saturated rings. The molecule has 1 aromatic heterocycles. The normalized spacial score (nSPS) is 15.2. The molecule has 1 aliphatic rings. The van der Waals surface area contributed by atoms with Crippen molar-refractivity contribution >= 4 is 23.4 Å². The lowest BCUT2D eigenvalue weighted by molar-refractivity contribution is -0.122. The van der Waals surface area contributed by atoms with Crippen LogP contribution in [0.1, 0.15) is 42.2 Å². The Hall–Kier alpha value is -2.45. The SMILES string of the molecule is CCCNC(=O)CN1CCC(NC(=O)c2c(C)nn(-c3ccc(F)cc3)c2Cl)CC1. The van der Waals surface area contributed by atoms with E-state index in [1.54, 1.807) is 19.1 Å². The van der Waals surface area contributed by atoms with Crippen molar-refractivity contribution in [1.29, 1.82) is 0 Å². The monoisotopic (exact) mass is 435 g/mol. The summed E-state index contributed by atoms with van der Waals surface area (Å²) in [7, 11) is 0. The van der Waals surface area contributed by atoms with Crippen molar-refractivity contribution < 1.29 is 14.0 Å². The van der Waals surface area contributed by atoms with E-state index in [0.29, 0.717) is 30.0 Å². The molecule has 1 saturated heterocycles. The van der Waals surface area contributed by atoms with Crippen LogP contribution >= 0.6 is 11.6 Å². The lowest BCUT2D eigenvalue weighted by Gasteiger charge is -2.31. The van der Waals surface area contributed by atoms with Gasteiger partial charge < -0.3 is 10.6 Å². The predicted octanol–water partition coefficient (Wildman–Crippen LogP) is 2.69. The van der Waals surface area contributed by atoms with Crippen molar-refractivity contribution in [3.63, 3.8) is 0 Å². The predicted molar refractivity (Wildman–Crippen MR) is 113 cm³/mol. The van der Waals surface area contributed by atoms with E-state index >= 15 is 0 Å². The zero-order valence-corrected chi connectivity index (χ0v) is 18.0. The van der Waals surface area contributed by atoms with Crippen molar-refractivity contribution in [2.24, 2.45) is 0 Å². The van der Waals surface area contributed by atoms with E-state index in [0.717, 1.165) is 32.4 Å². The van der Waals surface area contributed by atoms with Crippen molar-refractivity contribution in [2.45, 2.75) is 39.2 Å². The smallest absolute Gasteiger partial charge is 0.256 e. The number of benzene rings is 1. The van der Waals surface area contributed by atoms with Crippen molar-refractivity contribution in [3.05, 3.63) is 46.5 Å². The molecule has 7 nitrogen and oxygen atoms in total. The molecule has 9 heteroatoms. The maximum atomic E-state index is 13.2. The summed E-state index contributed by atoms with van der Waals surface area (Å²) in [4.78, 5) is 26.8. The molecule has 2 heterocycles. The molecule has 0 bridgehead atoms. The molecule has 1 aromatic carbocycles. The number of aromatic nitrogens is 2. The molecular formula is C21H27ClFN5O2. The molecule has 0 aliphatic carbocycles. The zero-order chi connectivity index (χ0) is 21.7. The minimum Gasteiger partial charge on any atom is -0.355 e. The van der Waals surface area contributed by atoms with Crippen LogP contribution in [0.5, 0.6) is 0 Å². The quantitative estimate of drug-likeness (QED) is 0.700. The summed E-state index contributed by atoms with van der Waals surface area (Å²) in [6.07, 6.45) is 2.44. The van der Waals surface area contributed by atoms with Gasteiger partial charge in [-0.05, 0) is 50.5 Å². The number of nitrogens with zero attached hydrogens (tertiary/aromatic N) is 3. The molecule has 0 radical (unpaired) electrons. The molecule has 0 spiro atoms. The first-order chi connectivity index (χ1) is 14.4. The standard InChI is InChI=1S/C21H27ClFN5O2/c1-3-10-24-18(29)13-27-11-8-16(9-12-27)25-21(30)19-14(2)26-28(20(19)22)17-6-4-15(23)5-7-17/h4-7,16H,3,8-13H2,1-2H3,(H,24,29)(H,25,30). The summed E-state index contributed by atoms with van der Waals surface area (Å²) in [5.74, 6) is -0.592. The van der Waals surface area contributed by atoms with Gasteiger partial charge in [-0.15, -0.1) is 0 Å². The lowest BCUT2D eigenvalue weighted by Crippen LogP contribution is -2.47. The Morgan fingerprint density at radius 2 is 1.90 bits per heavy atom. The average molecular weight is 436 g/mol. The summed E-state index contributed by atoms with van der Waals surface area (Å²) in [5, 5.41) is 10.5. The number of piperidine rings is 1. The molecule has 30 heavy (non-hydrogen) atoms. The van der Waals surface area contributed by atoms with Gasteiger partial charge in [0.05, 0.1) is 23.5 Å². The van der Waals surface area contributed by atoms with Crippen LogP contribution in [0.3, 0.4) is 0 Å². The third kappa shape index (κ3) is 5.37. The zero-order valence-electron chi connectivity index (χ0n) is 17.3. The molecule has 2 N–H and O–H groups in total. The Morgan fingerprint density at radius 1 is 1.23 bits per heavy atom. The highest BCUT2D eigenvalue weighted by Crippen LogP contribution is 2.24. The van der Waals surface area contributed by atoms with E-state index in [1.807, 2.05) is 6.92 Å². The van der Waals surface area contributed by atoms with Crippen molar-refractivity contribution in [2.75, 3.05) is 26.2 Å². The van der Waals surface area contributed by atoms with E-state index in [4.69, 9.17) is 11.6 Å². The number of likely N-dealkylation sites (tertiary alicyclic amines) is 1. The molecule has 162 valence electrons. The van der Waals surface area contributed by atoms with Gasteiger partial charge in [-0.25, -0.2) is 9.07 Å². The Bertz CT molecular complexity index is 892. The fourth-order valence-corrected chi connectivity index (χ4v) is 3.88. The molecule has 0 saturated carbocycles. The second-order valence-corrected chi connectivity index (χ2v) is 7.87. The van der Waals surface area contributed by atoms with Crippen LogP contribution in [-0.2, 0) is 4.79 Å². The largest absolute Gasteiger partial charge is 0.355 e. The Morgan fingerprint density at radius 3 is 2.53 bits per heavy atom. The summed E-state index contributed by atoms with van der Waals surface area (Å²) >= 11 is 6.43. The third-order valence-electron chi connectivity index (χ3n) is 5.16. The van der Waals surface area contributed by atoms with Gasteiger partial charge in [0, 0.05) is 25.7 Å². The highest BCUT2D eigenvalue weighted by molar-refractivity contribution is 6.33. The number of amides is 2. The summed E-state index contributed by atoms with van der Waals surface area (Å²) in [5.41, 5.74) is 1.41. The van der Waals surface area contributed by atoms with E-state index in [1.165, 1.54) is 16.8 Å². The van der Waals surface area contributed by atoms with Crippen LogP contribution in [0.25, 0.3) is 5.69 Å². The number of hydrogen-bond donors (Lipinski definition) is 2. The minimum absolute atomic E-state index is 0.0112. The van der Waals surface area contributed by atoms with Crippen molar-refractivity contribution in [1.82, 2.24) is 25.3 Å². The van der Waals surface area contributed by atoms with E-state index < -0.39 is 0 Å². The fraction of sp³-hybridized carbons (Fsp3) is 0.476. The maximum absolute atomic E-state index is 13.2. The maximum Gasteiger partial charge on any atom is 0.256 e. The number of hydrogen-bond acceptors (Lipinski definition) is 4. The highest BCUT2D eigenvalue weighted by Gasteiger charge is 2.26. The fourth-order valence-electron chi connectivity index (χ4n) is 3.53. The average Bonchev–Trinajstić information content (AvgIpc) is 3.02. The van der Waals surface area contributed by atoms with Gasteiger partial charge in [0.2, 0.25) is 5.91 Å². The molecule has 1 aliphatic heterocycles. The highest BCUT2D eigenvalue weighted by atomic mass is 35.5. The Labute approximate surface area is 180 Å². The Kier molecular flexibility index (Phi) is 7.44. The molecule has 3 rings (SSSR count). The van der Waals surface area contributed by atoms with Gasteiger partial charge >= 0.3 is 0 Å². The summed E-state index contributed by atoms with van der Waals surface area (Å²) in [6, 6.07) is 5.76. The van der Waals surface area contributed by atoms with Crippen LogP contribution in [0.2, 0.25) is 5.15 Å². The second-order valence-electron chi connectivity index (χ2n) is 7.51. The van der Waals surface area contributed by atoms with E-state index in [9.17, 15) is 14.0 Å². The van der Waals surface area contributed by atoms with Crippen LogP contribution in [0, 0.1) is 12.7 Å². The lowest BCUT2D eigenvalue weighted by atomic mass is 10.0. The van der Waals surface area contributed by atoms with Crippen LogP contribution < -0.4 is 10.6 Å². The van der Waals surface area contributed by atoms with E-state index in [2.05, 4.69) is 20.6 Å². The van der Waals surface area contributed by atoms with Gasteiger partial charge in [-0.1, -0.05) is 18.5 Å². The first-order valence-electron chi connectivity index (χ1n) is 10.2. The third-order valence-corrected chi connectivity index (χ3v) is 5.51. The number of nitrogens with one attached hydrogen (secondary N) is 2. The first kappa shape index (κ1) is 22.2. The van der Waals surface area contributed by atoms with Gasteiger partial charge in [-0.3, -0.25) is 14.5 Å². The molecule has 2 aromatic rings. The number of carbonyl (C=O) groups is 2. The minimum atomic E-state index is -0.356. The van der Waals surface area contributed by atoms with Crippen molar-refractivity contribution in [3.8, 4) is 5.69 Å². The van der Waals surface area contributed by atoms with Gasteiger partial charge in [0.15, 0.2) is 0 Å². The molecular weight excluding hydrogens is 409 g/mol. The number of carbonyl (C=O) groups excluding carboxylic acids is 2. The number of rotatable bonds is 7. The molecule has 2 amide bonds.